The molecule has 0 aromatic rings. The molecule has 4 aliphatic carbocycles. The highest BCUT2D eigenvalue weighted by molar-refractivity contribution is 5.79. The van der Waals surface area contributed by atoms with Crippen molar-refractivity contribution in [1.29, 1.82) is 0 Å². The number of esters is 2. The average Bonchev–Trinajstić information content (AvgIpc) is 3.04. The van der Waals surface area contributed by atoms with Gasteiger partial charge in [-0.15, -0.1) is 0 Å². The molecular weight excluding hydrogens is 372 g/mol. The molecule has 2 N–H and O–H groups in total. The highest BCUT2D eigenvalue weighted by atomic mass is 16.5. The SMILES string of the molecule is CCOC(=O)[C@@H]1CC[C@@H]2[C@@H]3CC[C@]4(O)C[C@H](O)CC[C@]4(C(=O)OC)[C@@H]3CC[C@@]21C. The van der Waals surface area contributed by atoms with Gasteiger partial charge in [0.15, 0.2) is 0 Å². The highest BCUT2D eigenvalue weighted by Gasteiger charge is 2.70. The van der Waals surface area contributed by atoms with E-state index in [0.717, 1.165) is 32.1 Å². The van der Waals surface area contributed by atoms with Crippen LogP contribution >= 0.6 is 0 Å². The van der Waals surface area contributed by atoms with E-state index in [1.807, 2.05) is 6.92 Å². The number of ether oxygens (including phenoxy) is 2. The van der Waals surface area contributed by atoms with Crippen molar-refractivity contribution >= 4 is 11.9 Å². The Hall–Kier alpha value is -1.14. The number of carbonyl (C=O) groups is 2. The third-order valence-corrected chi connectivity index (χ3v) is 9.36. The minimum Gasteiger partial charge on any atom is -0.468 e. The number of methoxy groups -OCH3 is 1. The molecule has 0 spiro atoms. The Kier molecular flexibility index (Phi) is 5.26. The van der Waals surface area contributed by atoms with E-state index in [4.69, 9.17) is 9.47 Å². The van der Waals surface area contributed by atoms with Crippen LogP contribution in [-0.4, -0.2) is 47.6 Å². The van der Waals surface area contributed by atoms with Crippen LogP contribution in [0.2, 0.25) is 0 Å². The molecule has 164 valence electrons. The summed E-state index contributed by atoms with van der Waals surface area (Å²) in [6, 6.07) is 0. The van der Waals surface area contributed by atoms with Gasteiger partial charge in [0.05, 0.1) is 36.8 Å². The topological polar surface area (TPSA) is 93.1 Å². The van der Waals surface area contributed by atoms with E-state index in [9.17, 15) is 19.8 Å². The summed E-state index contributed by atoms with van der Waals surface area (Å²) in [6.45, 7) is 4.49. The first-order valence-corrected chi connectivity index (χ1v) is 11.4. The Morgan fingerprint density at radius 3 is 2.48 bits per heavy atom. The predicted octanol–water partition coefficient (Wildman–Crippen LogP) is 2.84. The Balaban J connectivity index is 1.69. The fourth-order valence-corrected chi connectivity index (χ4v) is 8.12. The molecule has 29 heavy (non-hydrogen) atoms. The summed E-state index contributed by atoms with van der Waals surface area (Å²) in [6.07, 6.45) is 5.51. The summed E-state index contributed by atoms with van der Waals surface area (Å²) < 4.78 is 10.7. The number of aliphatic hydroxyl groups is 2. The third-order valence-electron chi connectivity index (χ3n) is 9.36. The quantitative estimate of drug-likeness (QED) is 0.698. The maximum Gasteiger partial charge on any atom is 0.315 e. The van der Waals surface area contributed by atoms with Gasteiger partial charge in [-0.3, -0.25) is 9.59 Å². The highest BCUT2D eigenvalue weighted by Crippen LogP contribution is 2.68. The molecule has 8 atom stereocenters. The van der Waals surface area contributed by atoms with Crippen molar-refractivity contribution in [3.05, 3.63) is 0 Å². The minimum atomic E-state index is -1.20. The van der Waals surface area contributed by atoms with Crippen LogP contribution in [-0.2, 0) is 19.1 Å². The molecule has 0 heterocycles. The van der Waals surface area contributed by atoms with Crippen molar-refractivity contribution in [2.45, 2.75) is 83.3 Å². The van der Waals surface area contributed by atoms with Gasteiger partial charge in [0.2, 0.25) is 0 Å². The second-order valence-electron chi connectivity index (χ2n) is 10.2. The van der Waals surface area contributed by atoms with Crippen LogP contribution in [0.1, 0.15) is 71.6 Å². The van der Waals surface area contributed by atoms with Crippen molar-refractivity contribution in [2.75, 3.05) is 13.7 Å². The summed E-state index contributed by atoms with van der Waals surface area (Å²) in [4.78, 5) is 25.8. The zero-order valence-corrected chi connectivity index (χ0v) is 18.0. The van der Waals surface area contributed by atoms with E-state index >= 15 is 0 Å². The molecule has 4 saturated carbocycles. The second kappa shape index (κ2) is 7.23. The summed E-state index contributed by atoms with van der Waals surface area (Å²) >= 11 is 0. The first-order valence-electron chi connectivity index (χ1n) is 11.4. The fourth-order valence-electron chi connectivity index (χ4n) is 8.12. The first-order chi connectivity index (χ1) is 13.7. The third kappa shape index (κ3) is 2.81. The number of hydrogen-bond donors (Lipinski definition) is 2. The second-order valence-corrected chi connectivity index (χ2v) is 10.2. The molecule has 0 aromatic carbocycles. The Bertz CT molecular complexity index is 678. The average molecular weight is 409 g/mol. The largest absolute Gasteiger partial charge is 0.468 e. The molecule has 0 aliphatic heterocycles. The molecule has 4 aliphatic rings. The van der Waals surface area contributed by atoms with Gasteiger partial charge >= 0.3 is 11.9 Å². The monoisotopic (exact) mass is 408 g/mol. The van der Waals surface area contributed by atoms with Crippen LogP contribution in [0.15, 0.2) is 0 Å². The van der Waals surface area contributed by atoms with E-state index in [0.29, 0.717) is 37.7 Å². The van der Waals surface area contributed by atoms with E-state index in [-0.39, 0.29) is 35.6 Å². The number of carbonyl (C=O) groups excluding carboxylic acids is 2. The zero-order chi connectivity index (χ0) is 21.0. The molecule has 0 saturated heterocycles. The predicted molar refractivity (Wildman–Crippen MR) is 106 cm³/mol. The Morgan fingerprint density at radius 2 is 1.79 bits per heavy atom. The van der Waals surface area contributed by atoms with Crippen LogP contribution < -0.4 is 0 Å². The summed E-state index contributed by atoms with van der Waals surface area (Å²) in [7, 11) is 1.41. The lowest BCUT2D eigenvalue weighted by Crippen LogP contribution is -2.67. The van der Waals surface area contributed by atoms with Crippen molar-refractivity contribution in [3.8, 4) is 0 Å². The van der Waals surface area contributed by atoms with Crippen molar-refractivity contribution in [1.82, 2.24) is 0 Å². The summed E-state index contributed by atoms with van der Waals surface area (Å²) in [5.41, 5.74) is -2.24. The van der Waals surface area contributed by atoms with Crippen LogP contribution in [0.5, 0.6) is 0 Å². The number of rotatable bonds is 3. The number of hydrogen-bond acceptors (Lipinski definition) is 6. The molecule has 0 bridgehead atoms. The Labute approximate surface area is 173 Å². The van der Waals surface area contributed by atoms with Gasteiger partial charge in [0, 0.05) is 6.42 Å². The summed E-state index contributed by atoms with van der Waals surface area (Å²) in [5, 5.41) is 21.9. The van der Waals surface area contributed by atoms with Crippen molar-refractivity contribution in [2.24, 2.45) is 34.5 Å². The van der Waals surface area contributed by atoms with E-state index < -0.39 is 17.1 Å². The van der Waals surface area contributed by atoms with Gasteiger partial charge in [-0.25, -0.2) is 0 Å². The summed E-state index contributed by atoms with van der Waals surface area (Å²) in [5.74, 6) is 0.227. The minimum absolute atomic E-state index is 0.0419. The maximum absolute atomic E-state index is 13.2. The fraction of sp³-hybridized carbons (Fsp3) is 0.913. The van der Waals surface area contributed by atoms with Gasteiger partial charge in [0.25, 0.3) is 0 Å². The van der Waals surface area contributed by atoms with Gasteiger partial charge in [-0.2, -0.15) is 0 Å². The van der Waals surface area contributed by atoms with Crippen LogP contribution in [0, 0.1) is 34.5 Å². The smallest absolute Gasteiger partial charge is 0.315 e. The van der Waals surface area contributed by atoms with Crippen molar-refractivity contribution < 1.29 is 29.3 Å². The molecule has 0 unspecified atom stereocenters. The molecule has 0 radical (unpaired) electrons. The molecule has 6 heteroatoms. The van der Waals surface area contributed by atoms with E-state index in [1.165, 1.54) is 7.11 Å². The van der Waals surface area contributed by atoms with Gasteiger partial charge < -0.3 is 19.7 Å². The molecule has 4 fully saturated rings. The molecule has 4 rings (SSSR count). The lowest BCUT2D eigenvalue weighted by atomic mass is 9.42. The lowest BCUT2D eigenvalue weighted by molar-refractivity contribution is -0.237. The van der Waals surface area contributed by atoms with Gasteiger partial charge in [-0.1, -0.05) is 6.92 Å². The van der Waals surface area contributed by atoms with Crippen LogP contribution in [0.3, 0.4) is 0 Å². The van der Waals surface area contributed by atoms with Gasteiger partial charge in [0.1, 0.15) is 0 Å². The number of fused-ring (bicyclic) bond motifs is 5. The van der Waals surface area contributed by atoms with E-state index in [2.05, 4.69) is 6.92 Å². The molecular formula is C23H36O6. The Morgan fingerprint density at radius 1 is 1.03 bits per heavy atom. The molecule has 0 amide bonds. The molecule has 6 nitrogen and oxygen atoms in total. The van der Waals surface area contributed by atoms with Crippen LogP contribution in [0.4, 0.5) is 0 Å². The van der Waals surface area contributed by atoms with Crippen molar-refractivity contribution in [3.63, 3.8) is 0 Å². The maximum atomic E-state index is 13.2. The molecule has 0 aromatic heterocycles. The standard InChI is InChI=1S/C23H36O6/c1-4-29-19(25)18-6-5-16-15-8-11-22(27)13-14(24)7-12-23(22,20(26)28-3)17(15)9-10-21(16,18)2/h14-18,24,27H,4-13H2,1-3H3/t14-,15+,16-,17-,18+,21+,22+,23-/m1/s1. The zero-order valence-electron chi connectivity index (χ0n) is 18.0. The van der Waals surface area contributed by atoms with Gasteiger partial charge in [-0.05, 0) is 81.5 Å². The number of aliphatic hydroxyl groups excluding tert-OH is 1. The van der Waals surface area contributed by atoms with Crippen LogP contribution in [0.25, 0.3) is 0 Å². The normalized spacial score (nSPS) is 48.8. The van der Waals surface area contributed by atoms with E-state index in [1.54, 1.807) is 0 Å². The lowest BCUT2D eigenvalue weighted by Gasteiger charge is -2.63. The first kappa shape index (κ1) is 21.1.